The summed E-state index contributed by atoms with van der Waals surface area (Å²) in [7, 11) is 2.11. The molecule has 0 unspecified atom stereocenters. The molecule has 3 nitrogen and oxygen atoms in total. The molecular weight excluding hydrogens is 222 g/mol. The summed E-state index contributed by atoms with van der Waals surface area (Å²) in [6, 6.07) is 8.72. The third kappa shape index (κ3) is 1.68. The Kier molecular flexibility index (Phi) is 2.76. The lowest BCUT2D eigenvalue weighted by Crippen LogP contribution is -2.11. The normalized spacial score (nSPS) is 11.4. The van der Waals surface area contributed by atoms with E-state index in [4.69, 9.17) is 0 Å². The van der Waals surface area contributed by atoms with E-state index in [0.717, 1.165) is 13.1 Å². The van der Waals surface area contributed by atoms with Crippen molar-refractivity contribution in [2.24, 2.45) is 7.05 Å². The highest BCUT2D eigenvalue weighted by molar-refractivity contribution is 6.07. The number of rotatable bonds is 3. The van der Waals surface area contributed by atoms with Crippen LogP contribution in [0.4, 0.5) is 0 Å². The van der Waals surface area contributed by atoms with Gasteiger partial charge in [0.15, 0.2) is 0 Å². The van der Waals surface area contributed by atoms with E-state index in [1.54, 1.807) is 0 Å². The summed E-state index contributed by atoms with van der Waals surface area (Å²) in [5, 5.41) is 5.87. The molecule has 92 valence electrons. The molecule has 0 spiro atoms. The van der Waals surface area contributed by atoms with Gasteiger partial charge in [0, 0.05) is 42.3 Å². The maximum absolute atomic E-state index is 4.22. The van der Waals surface area contributed by atoms with Crippen LogP contribution in [-0.4, -0.2) is 16.1 Å². The van der Waals surface area contributed by atoms with E-state index in [2.05, 4.69) is 53.1 Å². The predicted octanol–water partition coefficient (Wildman–Crippen LogP) is 2.84. The summed E-state index contributed by atoms with van der Waals surface area (Å²) >= 11 is 0. The highest BCUT2D eigenvalue weighted by atomic mass is 14.9. The average molecular weight is 239 g/mol. The Morgan fingerprint density at radius 1 is 1.17 bits per heavy atom. The van der Waals surface area contributed by atoms with Crippen molar-refractivity contribution in [1.82, 2.24) is 14.9 Å². The van der Waals surface area contributed by atoms with Crippen LogP contribution in [0.1, 0.15) is 12.5 Å². The quantitative estimate of drug-likeness (QED) is 0.761. The third-order valence-corrected chi connectivity index (χ3v) is 3.45. The monoisotopic (exact) mass is 239 g/mol. The number of aromatic nitrogens is 2. The Morgan fingerprint density at radius 2 is 2.06 bits per heavy atom. The number of hydrogen-bond acceptors (Lipinski definition) is 2. The molecule has 3 heteroatoms. The summed E-state index contributed by atoms with van der Waals surface area (Å²) in [5.74, 6) is 0. The van der Waals surface area contributed by atoms with E-state index in [9.17, 15) is 0 Å². The Hall–Kier alpha value is -1.87. The van der Waals surface area contributed by atoms with Crippen LogP contribution in [0.25, 0.3) is 21.8 Å². The highest BCUT2D eigenvalue weighted by Crippen LogP contribution is 2.27. The van der Waals surface area contributed by atoms with E-state index < -0.39 is 0 Å². The largest absolute Gasteiger partial charge is 0.344 e. The van der Waals surface area contributed by atoms with Gasteiger partial charge >= 0.3 is 0 Å². The molecule has 0 bridgehead atoms. The van der Waals surface area contributed by atoms with Gasteiger partial charge in [0.1, 0.15) is 0 Å². The number of nitrogens with one attached hydrogen (secondary N) is 1. The van der Waals surface area contributed by atoms with Gasteiger partial charge in [-0.3, -0.25) is 4.98 Å². The topological polar surface area (TPSA) is 29.9 Å². The Balaban J connectivity index is 2.22. The van der Waals surface area contributed by atoms with Gasteiger partial charge in [-0.25, -0.2) is 0 Å². The van der Waals surface area contributed by atoms with Gasteiger partial charge in [-0.15, -0.1) is 0 Å². The molecule has 0 amide bonds. The maximum atomic E-state index is 4.22. The first-order valence-corrected chi connectivity index (χ1v) is 6.33. The molecule has 18 heavy (non-hydrogen) atoms. The third-order valence-electron chi connectivity index (χ3n) is 3.45. The van der Waals surface area contributed by atoms with E-state index in [-0.39, 0.29) is 0 Å². The molecule has 2 aromatic heterocycles. The average Bonchev–Trinajstić information content (AvgIpc) is 2.71. The molecule has 0 fully saturated rings. The summed E-state index contributed by atoms with van der Waals surface area (Å²) in [6.45, 7) is 4.05. The van der Waals surface area contributed by atoms with Gasteiger partial charge in [-0.2, -0.15) is 0 Å². The smallest absolute Gasteiger partial charge is 0.0519 e. The molecule has 1 N–H and O–H groups in total. The summed E-state index contributed by atoms with van der Waals surface area (Å²) in [5.41, 5.74) is 3.83. The van der Waals surface area contributed by atoms with Crippen LogP contribution in [0.5, 0.6) is 0 Å². The van der Waals surface area contributed by atoms with E-state index in [1.165, 1.54) is 27.4 Å². The highest BCUT2D eigenvalue weighted by Gasteiger charge is 2.08. The number of nitrogens with zero attached hydrogens (tertiary/aromatic N) is 2. The molecule has 3 rings (SSSR count). The number of aryl methyl sites for hydroxylation is 1. The SMILES string of the molecule is CCNCc1ccc2c3cnccc3n(C)c2c1. The minimum absolute atomic E-state index is 0.923. The van der Waals surface area contributed by atoms with Gasteiger partial charge in [-0.1, -0.05) is 19.1 Å². The predicted molar refractivity (Wildman–Crippen MR) is 75.6 cm³/mol. The first-order chi connectivity index (χ1) is 8.81. The van der Waals surface area contributed by atoms with Gasteiger partial charge < -0.3 is 9.88 Å². The fraction of sp³-hybridized carbons (Fsp3) is 0.267. The van der Waals surface area contributed by atoms with Crippen LogP contribution in [0.15, 0.2) is 36.7 Å². The minimum atomic E-state index is 0.923. The van der Waals surface area contributed by atoms with Gasteiger partial charge in [-0.05, 0) is 24.2 Å². The Labute approximate surface area is 106 Å². The molecule has 2 heterocycles. The molecule has 0 atom stereocenters. The van der Waals surface area contributed by atoms with Crippen molar-refractivity contribution in [2.45, 2.75) is 13.5 Å². The van der Waals surface area contributed by atoms with Crippen molar-refractivity contribution in [1.29, 1.82) is 0 Å². The molecule has 0 aliphatic rings. The van der Waals surface area contributed by atoms with E-state index in [0.29, 0.717) is 0 Å². The molecular formula is C15H17N3. The van der Waals surface area contributed by atoms with Crippen molar-refractivity contribution in [3.8, 4) is 0 Å². The van der Waals surface area contributed by atoms with E-state index in [1.807, 2.05) is 12.4 Å². The van der Waals surface area contributed by atoms with Crippen LogP contribution in [0.3, 0.4) is 0 Å². The lowest BCUT2D eigenvalue weighted by Gasteiger charge is -2.03. The summed E-state index contributed by atoms with van der Waals surface area (Å²) in [4.78, 5) is 4.22. The lowest BCUT2D eigenvalue weighted by molar-refractivity contribution is 0.727. The maximum Gasteiger partial charge on any atom is 0.0519 e. The molecule has 0 aliphatic heterocycles. The molecule has 0 aliphatic carbocycles. The first-order valence-electron chi connectivity index (χ1n) is 6.33. The first kappa shape index (κ1) is 11.2. The molecule has 3 aromatic rings. The number of hydrogen-bond donors (Lipinski definition) is 1. The fourth-order valence-electron chi connectivity index (χ4n) is 2.48. The van der Waals surface area contributed by atoms with Crippen molar-refractivity contribution in [3.05, 3.63) is 42.2 Å². The van der Waals surface area contributed by atoms with Gasteiger partial charge in [0.25, 0.3) is 0 Å². The van der Waals surface area contributed by atoms with Crippen molar-refractivity contribution < 1.29 is 0 Å². The number of benzene rings is 1. The van der Waals surface area contributed by atoms with Crippen LogP contribution in [0, 0.1) is 0 Å². The van der Waals surface area contributed by atoms with Crippen LogP contribution in [-0.2, 0) is 13.6 Å². The second-order valence-electron chi connectivity index (χ2n) is 4.58. The fourth-order valence-corrected chi connectivity index (χ4v) is 2.48. The van der Waals surface area contributed by atoms with Crippen molar-refractivity contribution >= 4 is 21.8 Å². The van der Waals surface area contributed by atoms with E-state index >= 15 is 0 Å². The zero-order valence-electron chi connectivity index (χ0n) is 10.8. The number of pyridine rings is 1. The van der Waals surface area contributed by atoms with Crippen LogP contribution >= 0.6 is 0 Å². The van der Waals surface area contributed by atoms with Gasteiger partial charge in [0.05, 0.1) is 5.52 Å². The standard InChI is InChI=1S/C15H17N3/c1-3-16-9-11-4-5-12-13-10-17-7-6-14(13)18(2)15(12)8-11/h4-8,10,16H,3,9H2,1-2H3. The second kappa shape index (κ2) is 4.42. The van der Waals surface area contributed by atoms with Crippen molar-refractivity contribution in [3.63, 3.8) is 0 Å². The lowest BCUT2D eigenvalue weighted by atomic mass is 10.1. The van der Waals surface area contributed by atoms with Crippen LogP contribution in [0.2, 0.25) is 0 Å². The zero-order chi connectivity index (χ0) is 12.5. The molecule has 0 saturated carbocycles. The number of fused-ring (bicyclic) bond motifs is 3. The summed E-state index contributed by atoms with van der Waals surface area (Å²) < 4.78 is 2.24. The molecule has 0 saturated heterocycles. The van der Waals surface area contributed by atoms with Gasteiger partial charge in [0.2, 0.25) is 0 Å². The Morgan fingerprint density at radius 3 is 2.89 bits per heavy atom. The van der Waals surface area contributed by atoms with Crippen LogP contribution < -0.4 is 5.32 Å². The Bertz CT molecular complexity index is 697. The molecule has 0 radical (unpaired) electrons. The summed E-state index contributed by atoms with van der Waals surface area (Å²) in [6.07, 6.45) is 3.79. The molecule has 1 aromatic carbocycles. The zero-order valence-corrected chi connectivity index (χ0v) is 10.8. The second-order valence-corrected chi connectivity index (χ2v) is 4.58. The van der Waals surface area contributed by atoms with Crippen molar-refractivity contribution in [2.75, 3.05) is 6.54 Å². The minimum Gasteiger partial charge on any atom is -0.344 e.